The van der Waals surface area contributed by atoms with Gasteiger partial charge in [-0.25, -0.2) is 0 Å². The summed E-state index contributed by atoms with van der Waals surface area (Å²) in [5.41, 5.74) is 1.35. The molecule has 1 aromatic heterocycles. The van der Waals surface area contributed by atoms with E-state index in [2.05, 4.69) is 23.8 Å². The van der Waals surface area contributed by atoms with Crippen LogP contribution >= 0.6 is 11.3 Å². The summed E-state index contributed by atoms with van der Waals surface area (Å²) in [5.74, 6) is 0.510. The lowest BCUT2D eigenvalue weighted by atomic mass is 10.0. The summed E-state index contributed by atoms with van der Waals surface area (Å²) in [6.45, 7) is 2.43. The summed E-state index contributed by atoms with van der Waals surface area (Å²) in [6.07, 6.45) is 0.872. The van der Waals surface area contributed by atoms with E-state index in [0.29, 0.717) is 5.92 Å². The van der Waals surface area contributed by atoms with Crippen LogP contribution in [0.4, 0.5) is 0 Å². The van der Waals surface area contributed by atoms with Gasteiger partial charge in [-0.2, -0.15) is 11.3 Å². The van der Waals surface area contributed by atoms with Crippen molar-refractivity contribution in [2.75, 3.05) is 6.61 Å². The minimum Gasteiger partial charge on any atom is -0.396 e. The Kier molecular flexibility index (Phi) is 2.90. The van der Waals surface area contributed by atoms with Gasteiger partial charge in [-0.05, 0) is 34.7 Å². The first-order chi connectivity index (χ1) is 4.84. The smallest absolute Gasteiger partial charge is 0.0436 e. The molecule has 0 spiro atoms. The lowest BCUT2D eigenvalue weighted by Gasteiger charge is -2.05. The molecule has 0 aliphatic carbocycles. The van der Waals surface area contributed by atoms with Crippen LogP contribution in [0.25, 0.3) is 0 Å². The van der Waals surface area contributed by atoms with Gasteiger partial charge < -0.3 is 5.11 Å². The van der Waals surface area contributed by atoms with Crippen LogP contribution in [0.3, 0.4) is 0 Å². The SMILES string of the molecule is C[C@@H](CCO)c1ccsc1. The number of aliphatic hydroxyl groups excluding tert-OH is 1. The second-order valence-electron chi connectivity index (χ2n) is 2.47. The largest absolute Gasteiger partial charge is 0.396 e. The average molecular weight is 156 g/mol. The fraction of sp³-hybridized carbons (Fsp3) is 0.500. The Labute approximate surface area is 65.3 Å². The molecule has 1 atom stereocenters. The van der Waals surface area contributed by atoms with Crippen LogP contribution in [-0.2, 0) is 0 Å². The van der Waals surface area contributed by atoms with Crippen LogP contribution < -0.4 is 0 Å². The zero-order valence-corrected chi connectivity index (χ0v) is 6.90. The van der Waals surface area contributed by atoms with E-state index in [1.165, 1.54) is 5.56 Å². The Morgan fingerprint density at radius 1 is 1.70 bits per heavy atom. The van der Waals surface area contributed by atoms with Crippen molar-refractivity contribution in [1.82, 2.24) is 0 Å². The molecule has 0 aliphatic heterocycles. The third-order valence-corrected chi connectivity index (χ3v) is 2.38. The van der Waals surface area contributed by atoms with E-state index in [9.17, 15) is 0 Å². The average Bonchev–Trinajstić information content (AvgIpc) is 2.38. The predicted octanol–water partition coefficient (Wildman–Crippen LogP) is 2.23. The minimum atomic E-state index is 0.289. The number of hydrogen-bond donors (Lipinski definition) is 1. The predicted molar refractivity (Wildman–Crippen MR) is 44.4 cm³/mol. The summed E-state index contributed by atoms with van der Waals surface area (Å²) in [6, 6.07) is 2.12. The van der Waals surface area contributed by atoms with Gasteiger partial charge in [-0.15, -0.1) is 0 Å². The molecule has 1 nitrogen and oxygen atoms in total. The summed E-state index contributed by atoms with van der Waals surface area (Å²) >= 11 is 1.71. The Bertz CT molecular complexity index is 169. The standard InChI is InChI=1S/C8H12OS/c1-7(2-4-9)8-3-5-10-6-8/h3,5-7,9H,2,4H2,1H3/t7-/m0/s1. The van der Waals surface area contributed by atoms with Gasteiger partial charge >= 0.3 is 0 Å². The van der Waals surface area contributed by atoms with Crippen molar-refractivity contribution in [3.8, 4) is 0 Å². The molecular formula is C8H12OS. The van der Waals surface area contributed by atoms with Gasteiger partial charge in [-0.3, -0.25) is 0 Å². The molecule has 0 saturated heterocycles. The van der Waals surface area contributed by atoms with Crippen molar-refractivity contribution in [3.63, 3.8) is 0 Å². The van der Waals surface area contributed by atoms with Crippen LogP contribution in [0, 0.1) is 0 Å². The molecule has 2 heteroatoms. The van der Waals surface area contributed by atoms with E-state index in [0.717, 1.165) is 6.42 Å². The third-order valence-electron chi connectivity index (χ3n) is 1.67. The molecule has 1 heterocycles. The van der Waals surface area contributed by atoms with Crippen LogP contribution in [0.2, 0.25) is 0 Å². The monoisotopic (exact) mass is 156 g/mol. The molecule has 1 rings (SSSR count). The quantitative estimate of drug-likeness (QED) is 0.711. The zero-order valence-electron chi connectivity index (χ0n) is 6.08. The molecular weight excluding hydrogens is 144 g/mol. The van der Waals surface area contributed by atoms with E-state index in [1.54, 1.807) is 11.3 Å². The molecule has 10 heavy (non-hydrogen) atoms. The maximum absolute atomic E-state index is 8.64. The normalized spacial score (nSPS) is 13.4. The molecule has 1 aromatic rings. The van der Waals surface area contributed by atoms with Crippen molar-refractivity contribution in [3.05, 3.63) is 22.4 Å². The molecule has 0 saturated carbocycles. The van der Waals surface area contributed by atoms with Crippen molar-refractivity contribution in [1.29, 1.82) is 0 Å². The summed E-state index contributed by atoms with van der Waals surface area (Å²) in [5, 5.41) is 12.9. The molecule has 56 valence electrons. The van der Waals surface area contributed by atoms with Gasteiger partial charge in [0, 0.05) is 6.61 Å². The topological polar surface area (TPSA) is 20.2 Å². The summed E-state index contributed by atoms with van der Waals surface area (Å²) in [4.78, 5) is 0. The van der Waals surface area contributed by atoms with Crippen LogP contribution in [0.5, 0.6) is 0 Å². The maximum atomic E-state index is 8.64. The Balaban J connectivity index is 2.50. The number of rotatable bonds is 3. The molecule has 0 bridgehead atoms. The van der Waals surface area contributed by atoms with E-state index < -0.39 is 0 Å². The molecule has 0 radical (unpaired) electrons. The Hall–Kier alpha value is -0.340. The van der Waals surface area contributed by atoms with Crippen LogP contribution in [-0.4, -0.2) is 11.7 Å². The van der Waals surface area contributed by atoms with Gasteiger partial charge in [0.15, 0.2) is 0 Å². The van der Waals surface area contributed by atoms with E-state index in [4.69, 9.17) is 5.11 Å². The van der Waals surface area contributed by atoms with Crippen molar-refractivity contribution >= 4 is 11.3 Å². The molecule has 0 amide bonds. The fourth-order valence-electron chi connectivity index (χ4n) is 0.916. The fourth-order valence-corrected chi connectivity index (χ4v) is 1.70. The van der Waals surface area contributed by atoms with Gasteiger partial charge in [0.1, 0.15) is 0 Å². The van der Waals surface area contributed by atoms with Gasteiger partial charge in [0.05, 0.1) is 0 Å². The van der Waals surface area contributed by atoms with E-state index in [1.807, 2.05) is 0 Å². The van der Waals surface area contributed by atoms with Crippen LogP contribution in [0.15, 0.2) is 16.8 Å². The molecule has 0 aromatic carbocycles. The maximum Gasteiger partial charge on any atom is 0.0436 e. The number of thiophene rings is 1. The Morgan fingerprint density at radius 3 is 3.00 bits per heavy atom. The van der Waals surface area contributed by atoms with Crippen molar-refractivity contribution < 1.29 is 5.11 Å². The van der Waals surface area contributed by atoms with Gasteiger partial charge in [-0.1, -0.05) is 6.92 Å². The molecule has 0 aliphatic rings. The van der Waals surface area contributed by atoms with Gasteiger partial charge in [0.25, 0.3) is 0 Å². The number of hydrogen-bond acceptors (Lipinski definition) is 2. The van der Waals surface area contributed by atoms with E-state index in [-0.39, 0.29) is 6.61 Å². The second kappa shape index (κ2) is 3.74. The van der Waals surface area contributed by atoms with E-state index >= 15 is 0 Å². The van der Waals surface area contributed by atoms with Crippen LogP contribution in [0.1, 0.15) is 24.8 Å². The summed E-state index contributed by atoms with van der Waals surface area (Å²) < 4.78 is 0. The highest BCUT2D eigenvalue weighted by atomic mass is 32.1. The lowest BCUT2D eigenvalue weighted by Crippen LogP contribution is -1.93. The summed E-state index contributed by atoms with van der Waals surface area (Å²) in [7, 11) is 0. The highest BCUT2D eigenvalue weighted by Gasteiger charge is 2.03. The first-order valence-corrected chi connectivity index (χ1v) is 4.42. The van der Waals surface area contributed by atoms with Gasteiger partial charge in [0.2, 0.25) is 0 Å². The minimum absolute atomic E-state index is 0.289. The first-order valence-electron chi connectivity index (χ1n) is 3.47. The Morgan fingerprint density at radius 2 is 2.50 bits per heavy atom. The molecule has 1 N–H and O–H groups in total. The number of aliphatic hydroxyl groups is 1. The lowest BCUT2D eigenvalue weighted by molar-refractivity contribution is 0.279. The second-order valence-corrected chi connectivity index (χ2v) is 3.25. The van der Waals surface area contributed by atoms with Crippen molar-refractivity contribution in [2.24, 2.45) is 0 Å². The molecule has 0 fully saturated rings. The first kappa shape index (κ1) is 7.76. The highest BCUT2D eigenvalue weighted by molar-refractivity contribution is 7.07. The molecule has 0 unspecified atom stereocenters. The third kappa shape index (κ3) is 1.82. The van der Waals surface area contributed by atoms with Crippen molar-refractivity contribution in [2.45, 2.75) is 19.3 Å². The highest BCUT2D eigenvalue weighted by Crippen LogP contribution is 2.20. The zero-order chi connectivity index (χ0) is 7.40.